The van der Waals surface area contributed by atoms with Crippen LogP contribution in [0.1, 0.15) is 5.56 Å². The Kier molecular flexibility index (Phi) is 3.00. The summed E-state index contributed by atoms with van der Waals surface area (Å²) < 4.78 is 26.4. The lowest BCUT2D eigenvalue weighted by Crippen LogP contribution is -2.23. The van der Waals surface area contributed by atoms with Crippen LogP contribution in [-0.4, -0.2) is 30.8 Å². The van der Waals surface area contributed by atoms with E-state index in [4.69, 9.17) is 5.11 Å². The Morgan fingerprint density at radius 1 is 1.50 bits per heavy atom. The minimum atomic E-state index is -3.24. The molecule has 0 aliphatic heterocycles. The van der Waals surface area contributed by atoms with Gasteiger partial charge in [0.25, 0.3) is 5.92 Å². The van der Waals surface area contributed by atoms with Gasteiger partial charge in [0.1, 0.15) is 12.4 Å². The quantitative estimate of drug-likeness (QED) is 0.800. The second-order valence-electron chi connectivity index (χ2n) is 3.13. The molecule has 0 aromatic carbocycles. The van der Waals surface area contributed by atoms with E-state index in [-0.39, 0.29) is 11.4 Å². The van der Waals surface area contributed by atoms with Crippen molar-refractivity contribution in [2.45, 2.75) is 5.92 Å². The van der Waals surface area contributed by atoms with Crippen molar-refractivity contribution in [2.75, 3.05) is 25.6 Å². The molecule has 0 saturated carbocycles. The van der Waals surface area contributed by atoms with Gasteiger partial charge >= 0.3 is 0 Å². The molecular formula is C9H12F2N2O. The van der Waals surface area contributed by atoms with Gasteiger partial charge in [-0.25, -0.2) is 4.98 Å². The van der Waals surface area contributed by atoms with Crippen molar-refractivity contribution in [2.24, 2.45) is 0 Å². The first-order valence-electron chi connectivity index (χ1n) is 4.10. The first-order chi connectivity index (χ1) is 6.49. The van der Waals surface area contributed by atoms with Gasteiger partial charge in [-0.2, -0.15) is 8.78 Å². The summed E-state index contributed by atoms with van der Waals surface area (Å²) in [5, 5.41) is 8.56. The molecule has 0 amide bonds. The van der Waals surface area contributed by atoms with Gasteiger partial charge in [-0.15, -0.1) is 0 Å². The van der Waals surface area contributed by atoms with E-state index in [0.29, 0.717) is 0 Å². The molecule has 1 rings (SSSR count). The zero-order valence-electron chi connectivity index (χ0n) is 8.04. The summed E-state index contributed by atoms with van der Waals surface area (Å²) in [5.41, 5.74) is -0.257. The predicted octanol–water partition coefficient (Wildman–Crippen LogP) is 1.23. The first kappa shape index (κ1) is 10.8. The lowest BCUT2D eigenvalue weighted by molar-refractivity contribution is -0.0553. The third-order valence-electron chi connectivity index (χ3n) is 1.80. The molecule has 0 unspecified atom stereocenters. The van der Waals surface area contributed by atoms with Gasteiger partial charge < -0.3 is 10.0 Å². The number of aliphatic hydroxyl groups is 1. The summed E-state index contributed by atoms with van der Waals surface area (Å²) in [7, 11) is 3.25. The Bertz CT molecular complexity index is 315. The molecule has 78 valence electrons. The topological polar surface area (TPSA) is 36.4 Å². The molecule has 0 radical (unpaired) electrons. The van der Waals surface area contributed by atoms with E-state index >= 15 is 0 Å². The minimum Gasteiger partial charge on any atom is -0.390 e. The molecule has 0 spiro atoms. The summed E-state index contributed by atoms with van der Waals surface area (Å²) >= 11 is 0. The fraction of sp³-hybridized carbons (Fsp3) is 0.444. The second-order valence-corrected chi connectivity index (χ2v) is 3.13. The fourth-order valence-corrected chi connectivity index (χ4v) is 1.12. The molecule has 5 heteroatoms. The van der Waals surface area contributed by atoms with Crippen LogP contribution >= 0.6 is 0 Å². The molecule has 0 atom stereocenters. The fourth-order valence-electron chi connectivity index (χ4n) is 1.12. The molecule has 0 fully saturated rings. The lowest BCUT2D eigenvalue weighted by atomic mass is 10.1. The molecule has 14 heavy (non-hydrogen) atoms. The standard InChI is InChI=1S/C9H12F2N2O/c1-13(2)8-7(4-3-5-12-8)9(10,11)6-14/h3-5,14H,6H2,1-2H3. The van der Waals surface area contributed by atoms with E-state index in [1.807, 2.05) is 0 Å². The lowest BCUT2D eigenvalue weighted by Gasteiger charge is -2.20. The van der Waals surface area contributed by atoms with Gasteiger partial charge in [0.05, 0.1) is 5.56 Å². The van der Waals surface area contributed by atoms with Crippen LogP contribution in [0.3, 0.4) is 0 Å². The number of aliphatic hydroxyl groups excluding tert-OH is 1. The third-order valence-corrected chi connectivity index (χ3v) is 1.80. The third kappa shape index (κ3) is 1.98. The maximum atomic E-state index is 13.2. The van der Waals surface area contributed by atoms with Gasteiger partial charge in [-0.05, 0) is 12.1 Å². The van der Waals surface area contributed by atoms with E-state index in [0.717, 1.165) is 0 Å². The summed E-state index contributed by atoms with van der Waals surface area (Å²) in [6.45, 7) is -1.21. The van der Waals surface area contributed by atoms with Gasteiger partial charge in [-0.1, -0.05) is 0 Å². The van der Waals surface area contributed by atoms with E-state index in [2.05, 4.69) is 4.98 Å². The Morgan fingerprint density at radius 3 is 2.64 bits per heavy atom. The average Bonchev–Trinajstić information content (AvgIpc) is 2.18. The predicted molar refractivity (Wildman–Crippen MR) is 49.5 cm³/mol. The molecule has 1 heterocycles. The van der Waals surface area contributed by atoms with Crippen molar-refractivity contribution < 1.29 is 13.9 Å². The molecule has 3 nitrogen and oxygen atoms in total. The molecule has 0 aliphatic carbocycles. The second kappa shape index (κ2) is 3.88. The van der Waals surface area contributed by atoms with Crippen LogP contribution < -0.4 is 4.90 Å². The van der Waals surface area contributed by atoms with Crippen LogP contribution in [0, 0.1) is 0 Å². The van der Waals surface area contributed by atoms with Crippen molar-refractivity contribution in [1.82, 2.24) is 4.98 Å². The van der Waals surface area contributed by atoms with Crippen LogP contribution in [-0.2, 0) is 5.92 Å². The maximum absolute atomic E-state index is 13.2. The number of alkyl halides is 2. The van der Waals surface area contributed by atoms with Crippen molar-refractivity contribution in [3.63, 3.8) is 0 Å². The average molecular weight is 202 g/mol. The number of anilines is 1. The molecule has 0 saturated heterocycles. The number of pyridine rings is 1. The zero-order chi connectivity index (χ0) is 10.8. The number of nitrogens with zero attached hydrogens (tertiary/aromatic N) is 2. The highest BCUT2D eigenvalue weighted by molar-refractivity contribution is 5.47. The van der Waals surface area contributed by atoms with E-state index in [1.165, 1.54) is 23.2 Å². The number of hydrogen-bond donors (Lipinski definition) is 1. The largest absolute Gasteiger partial charge is 0.390 e. The number of rotatable bonds is 3. The van der Waals surface area contributed by atoms with Crippen molar-refractivity contribution in [1.29, 1.82) is 0 Å². The highest BCUT2D eigenvalue weighted by atomic mass is 19.3. The van der Waals surface area contributed by atoms with Crippen LogP contribution in [0.15, 0.2) is 18.3 Å². The van der Waals surface area contributed by atoms with Crippen molar-refractivity contribution >= 4 is 5.82 Å². The maximum Gasteiger partial charge on any atom is 0.299 e. The molecule has 1 aromatic heterocycles. The highest BCUT2D eigenvalue weighted by Crippen LogP contribution is 2.32. The zero-order valence-corrected chi connectivity index (χ0v) is 8.04. The summed E-state index contributed by atoms with van der Waals surface area (Å²) in [6, 6.07) is 2.68. The monoisotopic (exact) mass is 202 g/mol. The Hall–Kier alpha value is -1.23. The Morgan fingerprint density at radius 2 is 2.14 bits per heavy atom. The van der Waals surface area contributed by atoms with E-state index < -0.39 is 12.5 Å². The van der Waals surface area contributed by atoms with Crippen LogP contribution in [0.25, 0.3) is 0 Å². The number of hydrogen-bond acceptors (Lipinski definition) is 3. The van der Waals surface area contributed by atoms with Gasteiger partial charge in [0.2, 0.25) is 0 Å². The summed E-state index contributed by atoms with van der Waals surface area (Å²) in [5.74, 6) is -3.07. The normalized spacial score (nSPS) is 11.5. The molecule has 0 aliphatic rings. The smallest absolute Gasteiger partial charge is 0.299 e. The van der Waals surface area contributed by atoms with Crippen LogP contribution in [0.5, 0.6) is 0 Å². The van der Waals surface area contributed by atoms with Crippen molar-refractivity contribution in [3.05, 3.63) is 23.9 Å². The molecule has 0 bridgehead atoms. The number of aromatic nitrogens is 1. The van der Waals surface area contributed by atoms with Gasteiger partial charge in [0, 0.05) is 20.3 Å². The minimum absolute atomic E-state index is 0.173. The SMILES string of the molecule is CN(C)c1ncccc1C(F)(F)CO. The van der Waals surface area contributed by atoms with Gasteiger partial charge in [0.15, 0.2) is 0 Å². The van der Waals surface area contributed by atoms with Crippen LogP contribution in [0.2, 0.25) is 0 Å². The molecular weight excluding hydrogens is 190 g/mol. The van der Waals surface area contributed by atoms with Gasteiger partial charge in [-0.3, -0.25) is 0 Å². The molecule has 1 N–H and O–H groups in total. The van der Waals surface area contributed by atoms with E-state index in [9.17, 15) is 8.78 Å². The Balaban J connectivity index is 3.20. The van der Waals surface area contributed by atoms with E-state index in [1.54, 1.807) is 14.1 Å². The first-order valence-corrected chi connectivity index (χ1v) is 4.10. The van der Waals surface area contributed by atoms with Crippen molar-refractivity contribution in [3.8, 4) is 0 Å². The highest BCUT2D eigenvalue weighted by Gasteiger charge is 2.34. The summed E-state index contributed by atoms with van der Waals surface area (Å²) in [4.78, 5) is 5.31. The number of halogens is 2. The Labute approximate surface area is 81.0 Å². The van der Waals surface area contributed by atoms with Crippen LogP contribution in [0.4, 0.5) is 14.6 Å². The summed E-state index contributed by atoms with van der Waals surface area (Å²) in [6.07, 6.45) is 1.44. The molecule has 1 aromatic rings.